The molecule has 0 fully saturated rings. The van der Waals surface area contributed by atoms with Crippen LogP contribution < -0.4 is 10.1 Å². The second-order valence-electron chi connectivity index (χ2n) is 3.30. The molecule has 0 unspecified atom stereocenters. The molecule has 1 N–H and O–H groups in total. The third kappa shape index (κ3) is 4.36. The number of amides is 1. The third-order valence-corrected chi connectivity index (χ3v) is 3.70. The molecule has 0 saturated carbocycles. The van der Waals surface area contributed by atoms with E-state index in [4.69, 9.17) is 27.0 Å². The van der Waals surface area contributed by atoms with E-state index in [1.54, 1.807) is 0 Å². The number of carbonyl (C=O) groups is 1. The summed E-state index contributed by atoms with van der Waals surface area (Å²) in [7, 11) is 2.88. The molecule has 1 aromatic rings. The van der Waals surface area contributed by atoms with E-state index in [2.05, 4.69) is 5.32 Å². The average molecular weight is 312 g/mol. The quantitative estimate of drug-likeness (QED) is 0.841. The molecule has 0 bridgehead atoms. The van der Waals surface area contributed by atoms with Crippen LogP contribution in [-0.2, 0) is 13.8 Å². The van der Waals surface area contributed by atoms with Gasteiger partial charge in [-0.3, -0.25) is 4.79 Å². The highest BCUT2D eigenvalue weighted by Crippen LogP contribution is 2.28. The lowest BCUT2D eigenvalue weighted by Gasteiger charge is -2.08. The van der Waals surface area contributed by atoms with Gasteiger partial charge in [-0.2, -0.15) is 0 Å². The first-order valence-electron chi connectivity index (χ1n) is 4.92. The minimum Gasteiger partial charge on any atom is -0.491 e. The van der Waals surface area contributed by atoms with Gasteiger partial charge >= 0.3 is 0 Å². The molecule has 0 aliphatic rings. The highest BCUT2D eigenvalue weighted by Gasteiger charge is 2.13. The lowest BCUT2D eigenvalue weighted by Crippen LogP contribution is -2.20. The van der Waals surface area contributed by atoms with E-state index in [1.807, 2.05) is 0 Å². The van der Waals surface area contributed by atoms with Crippen LogP contribution in [0.2, 0.25) is 5.02 Å². The van der Waals surface area contributed by atoms with Crippen molar-refractivity contribution in [3.8, 4) is 5.75 Å². The minimum absolute atomic E-state index is 0.104. The zero-order valence-corrected chi connectivity index (χ0v) is 11.8. The van der Waals surface area contributed by atoms with Gasteiger partial charge in [-0.1, -0.05) is 11.6 Å². The van der Waals surface area contributed by atoms with Crippen molar-refractivity contribution in [3.63, 3.8) is 0 Å². The molecule has 5 nitrogen and oxygen atoms in total. The second kappa shape index (κ2) is 6.26. The van der Waals surface area contributed by atoms with E-state index in [1.165, 1.54) is 25.2 Å². The Labute approximate surface area is 114 Å². The molecule has 0 aliphatic carbocycles. The van der Waals surface area contributed by atoms with Crippen LogP contribution in [0.3, 0.4) is 0 Å². The number of hydrogen-bond donors (Lipinski definition) is 1. The fourth-order valence-electron chi connectivity index (χ4n) is 1.13. The van der Waals surface area contributed by atoms with E-state index in [0.717, 1.165) is 0 Å². The van der Waals surface area contributed by atoms with Crippen molar-refractivity contribution in [1.82, 2.24) is 5.32 Å². The Morgan fingerprint density at radius 2 is 2.11 bits per heavy atom. The first-order valence-corrected chi connectivity index (χ1v) is 7.61. The van der Waals surface area contributed by atoms with Crippen molar-refractivity contribution in [3.05, 3.63) is 23.2 Å². The molecular weight excluding hydrogens is 301 g/mol. The van der Waals surface area contributed by atoms with Crippen LogP contribution in [0.1, 0.15) is 6.42 Å². The second-order valence-corrected chi connectivity index (χ2v) is 6.27. The normalized spacial score (nSPS) is 11.1. The largest absolute Gasteiger partial charge is 0.491 e. The van der Waals surface area contributed by atoms with Crippen LogP contribution in [0.15, 0.2) is 23.1 Å². The summed E-state index contributed by atoms with van der Waals surface area (Å²) in [5.41, 5.74) is 0. The molecule has 1 amide bonds. The zero-order valence-electron chi connectivity index (χ0n) is 9.44. The third-order valence-electron chi connectivity index (χ3n) is 2.05. The number of rotatable bonds is 5. The first-order chi connectivity index (χ1) is 8.34. The monoisotopic (exact) mass is 311 g/mol. The molecule has 0 spiro atoms. The van der Waals surface area contributed by atoms with E-state index in [0.29, 0.717) is 5.75 Å². The zero-order chi connectivity index (χ0) is 13.8. The van der Waals surface area contributed by atoms with E-state index in [9.17, 15) is 13.2 Å². The highest BCUT2D eigenvalue weighted by atomic mass is 35.7. The Bertz CT molecular complexity index is 545. The number of halogens is 2. The van der Waals surface area contributed by atoms with E-state index in [-0.39, 0.29) is 28.9 Å². The molecule has 0 heterocycles. The van der Waals surface area contributed by atoms with Crippen molar-refractivity contribution in [2.45, 2.75) is 11.3 Å². The standard InChI is InChI=1S/C10H11Cl2NO4S/c1-13-10(14)4-5-17-9-3-2-7(6-8(9)11)18(12,15)16/h2-3,6H,4-5H2,1H3,(H,13,14). The molecule has 0 aliphatic heterocycles. The lowest BCUT2D eigenvalue weighted by atomic mass is 10.3. The molecule has 100 valence electrons. The van der Waals surface area contributed by atoms with Crippen LogP contribution in [0.4, 0.5) is 0 Å². The number of nitrogens with one attached hydrogen (secondary N) is 1. The van der Waals surface area contributed by atoms with Crippen LogP contribution in [0.25, 0.3) is 0 Å². The summed E-state index contributed by atoms with van der Waals surface area (Å²) >= 11 is 5.84. The van der Waals surface area contributed by atoms with Crippen LogP contribution in [0.5, 0.6) is 5.75 Å². The Hall–Kier alpha value is -0.980. The van der Waals surface area contributed by atoms with Crippen molar-refractivity contribution < 1.29 is 17.9 Å². The van der Waals surface area contributed by atoms with Crippen LogP contribution in [-0.4, -0.2) is 28.0 Å². The van der Waals surface area contributed by atoms with Crippen molar-refractivity contribution in [1.29, 1.82) is 0 Å². The maximum atomic E-state index is 11.1. The summed E-state index contributed by atoms with van der Waals surface area (Å²) in [5.74, 6) is 0.135. The van der Waals surface area contributed by atoms with E-state index < -0.39 is 9.05 Å². The van der Waals surface area contributed by atoms with Crippen molar-refractivity contribution >= 4 is 37.2 Å². The summed E-state index contributed by atoms with van der Waals surface area (Å²) in [5, 5.41) is 2.57. The highest BCUT2D eigenvalue weighted by molar-refractivity contribution is 8.13. The van der Waals surface area contributed by atoms with Gasteiger partial charge < -0.3 is 10.1 Å². The van der Waals surface area contributed by atoms with Crippen molar-refractivity contribution in [2.75, 3.05) is 13.7 Å². The smallest absolute Gasteiger partial charge is 0.261 e. The maximum absolute atomic E-state index is 11.1. The van der Waals surface area contributed by atoms with Gasteiger partial charge in [-0.15, -0.1) is 0 Å². The van der Waals surface area contributed by atoms with Crippen molar-refractivity contribution in [2.24, 2.45) is 0 Å². The Morgan fingerprint density at radius 3 is 2.61 bits per heavy atom. The summed E-state index contributed by atoms with van der Waals surface area (Å²) in [6, 6.07) is 3.87. The SMILES string of the molecule is CNC(=O)CCOc1ccc(S(=O)(=O)Cl)cc1Cl. The number of benzene rings is 1. The Morgan fingerprint density at radius 1 is 1.44 bits per heavy atom. The average Bonchev–Trinajstić information content (AvgIpc) is 2.29. The van der Waals surface area contributed by atoms with E-state index >= 15 is 0 Å². The van der Waals surface area contributed by atoms with Crippen LogP contribution in [0, 0.1) is 0 Å². The van der Waals surface area contributed by atoms with Gasteiger partial charge in [-0.25, -0.2) is 8.42 Å². The molecule has 1 aromatic carbocycles. The predicted molar refractivity (Wildman–Crippen MR) is 68.7 cm³/mol. The van der Waals surface area contributed by atoms with Gasteiger partial charge in [0, 0.05) is 17.7 Å². The summed E-state index contributed by atoms with van der Waals surface area (Å²) in [4.78, 5) is 10.8. The molecule has 18 heavy (non-hydrogen) atoms. The van der Waals surface area contributed by atoms with Crippen LogP contribution >= 0.6 is 22.3 Å². The summed E-state index contributed by atoms with van der Waals surface area (Å²) in [6.07, 6.45) is 0.183. The number of ether oxygens (including phenoxy) is 1. The molecule has 0 radical (unpaired) electrons. The Kier molecular flexibility index (Phi) is 5.25. The predicted octanol–water partition coefficient (Wildman–Crippen LogP) is 1.78. The molecule has 8 heteroatoms. The maximum Gasteiger partial charge on any atom is 0.261 e. The molecule has 0 aromatic heterocycles. The molecule has 0 atom stereocenters. The number of carbonyl (C=O) groups excluding carboxylic acids is 1. The van der Waals surface area contributed by atoms with Gasteiger partial charge in [0.2, 0.25) is 5.91 Å². The fraction of sp³-hybridized carbons (Fsp3) is 0.300. The lowest BCUT2D eigenvalue weighted by molar-refractivity contribution is -0.121. The topological polar surface area (TPSA) is 72.5 Å². The van der Waals surface area contributed by atoms with Gasteiger partial charge in [-0.05, 0) is 18.2 Å². The number of hydrogen-bond acceptors (Lipinski definition) is 4. The Balaban J connectivity index is 2.72. The summed E-state index contributed by atoms with van der Waals surface area (Å²) in [6.45, 7) is 0.145. The fourth-order valence-corrected chi connectivity index (χ4v) is 2.21. The van der Waals surface area contributed by atoms with Gasteiger partial charge in [0.05, 0.1) is 22.9 Å². The van der Waals surface area contributed by atoms with Gasteiger partial charge in [0.1, 0.15) is 5.75 Å². The van der Waals surface area contributed by atoms with Gasteiger partial charge in [0.25, 0.3) is 9.05 Å². The molecular formula is C10H11Cl2NO4S. The molecule has 1 rings (SSSR count). The molecule has 0 saturated heterocycles. The first kappa shape index (κ1) is 15.1. The summed E-state index contributed by atoms with van der Waals surface area (Å²) < 4.78 is 27.3. The minimum atomic E-state index is -3.81. The van der Waals surface area contributed by atoms with Gasteiger partial charge in [0.15, 0.2) is 0 Å².